The quantitative estimate of drug-likeness (QED) is 0.387. The molecule has 0 radical (unpaired) electrons. The highest BCUT2D eigenvalue weighted by Crippen LogP contribution is 2.31. The first-order chi connectivity index (χ1) is 15.5. The number of rotatable bonds is 7. The predicted molar refractivity (Wildman–Crippen MR) is 120 cm³/mol. The molecule has 1 saturated heterocycles. The number of nitro groups is 1. The number of para-hydroxylation sites is 1. The number of nitrogens with zero attached hydrogens (tertiary/aromatic N) is 2. The first-order valence-corrected chi connectivity index (χ1v) is 10.6. The van der Waals surface area contributed by atoms with Gasteiger partial charge in [0.25, 0.3) is 11.6 Å². The van der Waals surface area contributed by atoms with Gasteiger partial charge < -0.3 is 14.5 Å². The summed E-state index contributed by atoms with van der Waals surface area (Å²) < 4.78 is 11.6. The third-order valence-corrected chi connectivity index (χ3v) is 5.39. The number of ether oxygens (including phenoxy) is 1. The standard InChI is InChI=1S/C24H25N3O5/c1-17-7-3-4-8-22(17)32-21-14-18(13-19(15-21)27(29)30)25-24(28)23-10-9-20(31-23)16-26-11-5-2-6-12-26/h3-4,7-10,13-15H,2,5-6,11-12,16H2,1H3,(H,25,28). The van der Waals surface area contributed by atoms with Gasteiger partial charge in [0.05, 0.1) is 23.2 Å². The minimum Gasteiger partial charge on any atom is -0.457 e. The van der Waals surface area contributed by atoms with E-state index in [0.29, 0.717) is 12.3 Å². The number of aryl methyl sites for hydroxylation is 1. The molecule has 1 N–H and O–H groups in total. The van der Waals surface area contributed by atoms with E-state index < -0.39 is 10.8 Å². The average molecular weight is 435 g/mol. The molecule has 3 aromatic rings. The van der Waals surface area contributed by atoms with Crippen molar-refractivity contribution in [2.24, 2.45) is 0 Å². The number of carbonyl (C=O) groups is 1. The molecule has 166 valence electrons. The summed E-state index contributed by atoms with van der Waals surface area (Å²) in [5.74, 6) is 1.24. The summed E-state index contributed by atoms with van der Waals surface area (Å²) in [6, 6.07) is 14.9. The maximum absolute atomic E-state index is 12.7. The van der Waals surface area contributed by atoms with Gasteiger partial charge in [-0.15, -0.1) is 0 Å². The van der Waals surface area contributed by atoms with Gasteiger partial charge in [-0.2, -0.15) is 0 Å². The summed E-state index contributed by atoms with van der Waals surface area (Å²) >= 11 is 0. The normalized spacial score (nSPS) is 14.2. The van der Waals surface area contributed by atoms with Crippen molar-refractivity contribution in [3.63, 3.8) is 0 Å². The minimum absolute atomic E-state index is 0.157. The number of anilines is 1. The molecule has 2 heterocycles. The van der Waals surface area contributed by atoms with E-state index in [-0.39, 0.29) is 22.9 Å². The molecule has 0 bridgehead atoms. The van der Waals surface area contributed by atoms with Crippen molar-refractivity contribution in [3.8, 4) is 11.5 Å². The summed E-state index contributed by atoms with van der Waals surface area (Å²) in [6.45, 7) is 4.60. The van der Waals surface area contributed by atoms with Crippen molar-refractivity contribution in [2.45, 2.75) is 32.7 Å². The molecular weight excluding hydrogens is 410 g/mol. The van der Waals surface area contributed by atoms with Gasteiger partial charge in [0.15, 0.2) is 5.76 Å². The van der Waals surface area contributed by atoms with Gasteiger partial charge in [-0.3, -0.25) is 19.8 Å². The first kappa shape index (κ1) is 21.6. The topological polar surface area (TPSA) is 97.8 Å². The Morgan fingerprint density at radius 2 is 1.91 bits per heavy atom. The Bertz CT molecular complexity index is 1120. The molecule has 0 atom stereocenters. The van der Waals surface area contributed by atoms with Crippen molar-refractivity contribution in [3.05, 3.63) is 81.8 Å². The van der Waals surface area contributed by atoms with E-state index in [2.05, 4.69) is 10.2 Å². The zero-order chi connectivity index (χ0) is 22.5. The van der Waals surface area contributed by atoms with Gasteiger partial charge in [0.2, 0.25) is 0 Å². The second-order valence-corrected chi connectivity index (χ2v) is 7.90. The molecule has 1 aliphatic rings. The van der Waals surface area contributed by atoms with Crippen LogP contribution in [0.3, 0.4) is 0 Å². The van der Waals surface area contributed by atoms with Crippen LogP contribution in [0.5, 0.6) is 11.5 Å². The number of non-ortho nitro benzene ring substituents is 1. The Balaban J connectivity index is 1.49. The molecule has 0 aliphatic carbocycles. The molecule has 1 fully saturated rings. The second kappa shape index (κ2) is 9.65. The molecule has 1 amide bonds. The Morgan fingerprint density at radius 3 is 2.66 bits per heavy atom. The predicted octanol–water partition coefficient (Wildman–Crippen LogP) is 5.53. The lowest BCUT2D eigenvalue weighted by Crippen LogP contribution is -2.28. The zero-order valence-electron chi connectivity index (χ0n) is 17.9. The molecule has 0 unspecified atom stereocenters. The van der Waals surface area contributed by atoms with E-state index >= 15 is 0 Å². The van der Waals surface area contributed by atoms with Crippen LogP contribution in [0.4, 0.5) is 11.4 Å². The highest BCUT2D eigenvalue weighted by Gasteiger charge is 2.18. The van der Waals surface area contributed by atoms with Gasteiger partial charge in [-0.1, -0.05) is 24.6 Å². The third-order valence-electron chi connectivity index (χ3n) is 5.39. The molecule has 0 saturated carbocycles. The largest absolute Gasteiger partial charge is 0.457 e. The zero-order valence-corrected chi connectivity index (χ0v) is 17.9. The molecule has 1 aliphatic heterocycles. The lowest BCUT2D eigenvalue weighted by molar-refractivity contribution is -0.384. The van der Waals surface area contributed by atoms with E-state index in [9.17, 15) is 14.9 Å². The number of nitrogens with one attached hydrogen (secondary N) is 1. The smallest absolute Gasteiger partial charge is 0.291 e. The third kappa shape index (κ3) is 5.33. The number of carbonyl (C=O) groups excluding carboxylic acids is 1. The number of amides is 1. The highest BCUT2D eigenvalue weighted by molar-refractivity contribution is 6.02. The summed E-state index contributed by atoms with van der Waals surface area (Å²) in [4.78, 5) is 25.9. The fourth-order valence-corrected chi connectivity index (χ4v) is 3.73. The number of nitro benzene ring substituents is 1. The minimum atomic E-state index is -0.524. The molecule has 1 aromatic heterocycles. The van der Waals surface area contributed by atoms with E-state index in [0.717, 1.165) is 24.4 Å². The molecule has 32 heavy (non-hydrogen) atoms. The van der Waals surface area contributed by atoms with Crippen molar-refractivity contribution >= 4 is 17.3 Å². The van der Waals surface area contributed by atoms with Crippen LogP contribution in [0.1, 0.15) is 41.1 Å². The Morgan fingerprint density at radius 1 is 1.12 bits per heavy atom. The van der Waals surface area contributed by atoms with Crippen molar-refractivity contribution < 1.29 is 18.9 Å². The molecular formula is C24H25N3O5. The van der Waals surface area contributed by atoms with Crippen LogP contribution in [0.2, 0.25) is 0 Å². The Hall–Kier alpha value is -3.65. The SMILES string of the molecule is Cc1ccccc1Oc1cc(NC(=O)c2ccc(CN3CCCCC3)o2)cc([N+](=O)[O-])c1. The van der Waals surface area contributed by atoms with E-state index in [1.165, 1.54) is 31.4 Å². The van der Waals surface area contributed by atoms with Crippen LogP contribution < -0.4 is 10.1 Å². The van der Waals surface area contributed by atoms with Crippen LogP contribution in [0.15, 0.2) is 59.0 Å². The lowest BCUT2D eigenvalue weighted by atomic mass is 10.1. The highest BCUT2D eigenvalue weighted by atomic mass is 16.6. The second-order valence-electron chi connectivity index (χ2n) is 7.90. The van der Waals surface area contributed by atoms with E-state index in [4.69, 9.17) is 9.15 Å². The number of hydrogen-bond donors (Lipinski definition) is 1. The van der Waals surface area contributed by atoms with Crippen molar-refractivity contribution in [2.75, 3.05) is 18.4 Å². The van der Waals surface area contributed by atoms with Gasteiger partial charge in [0.1, 0.15) is 17.3 Å². The summed E-state index contributed by atoms with van der Waals surface area (Å²) in [6.07, 6.45) is 3.60. The van der Waals surface area contributed by atoms with Crippen LogP contribution in [0.25, 0.3) is 0 Å². The van der Waals surface area contributed by atoms with Crippen molar-refractivity contribution in [1.29, 1.82) is 0 Å². The molecule has 8 heteroatoms. The van der Waals surface area contributed by atoms with Gasteiger partial charge >= 0.3 is 0 Å². The maximum Gasteiger partial charge on any atom is 0.291 e. The monoisotopic (exact) mass is 435 g/mol. The van der Waals surface area contributed by atoms with Gasteiger partial charge in [-0.25, -0.2) is 0 Å². The van der Waals surface area contributed by atoms with Crippen LogP contribution >= 0.6 is 0 Å². The summed E-state index contributed by atoms with van der Waals surface area (Å²) in [7, 11) is 0. The molecule has 0 spiro atoms. The lowest BCUT2D eigenvalue weighted by Gasteiger charge is -2.25. The van der Waals surface area contributed by atoms with E-state index in [1.54, 1.807) is 24.3 Å². The number of furan rings is 1. The summed E-state index contributed by atoms with van der Waals surface area (Å²) in [5, 5.41) is 14.1. The number of hydrogen-bond acceptors (Lipinski definition) is 6. The molecule has 4 rings (SSSR count). The number of likely N-dealkylation sites (tertiary alicyclic amines) is 1. The fourth-order valence-electron chi connectivity index (χ4n) is 3.73. The van der Waals surface area contributed by atoms with Gasteiger partial charge in [-0.05, 0) is 56.6 Å². The van der Waals surface area contributed by atoms with Crippen LogP contribution in [-0.2, 0) is 6.54 Å². The maximum atomic E-state index is 12.7. The van der Waals surface area contributed by atoms with Crippen LogP contribution in [0, 0.1) is 17.0 Å². The first-order valence-electron chi connectivity index (χ1n) is 10.6. The van der Waals surface area contributed by atoms with E-state index in [1.807, 2.05) is 25.1 Å². The Kier molecular flexibility index (Phi) is 6.51. The van der Waals surface area contributed by atoms with Gasteiger partial charge in [0, 0.05) is 12.1 Å². The van der Waals surface area contributed by atoms with Crippen LogP contribution in [-0.4, -0.2) is 28.8 Å². The average Bonchev–Trinajstić information content (AvgIpc) is 3.24. The number of piperidine rings is 1. The molecule has 8 nitrogen and oxygen atoms in total. The number of benzene rings is 2. The van der Waals surface area contributed by atoms with Crippen molar-refractivity contribution in [1.82, 2.24) is 4.90 Å². The molecule has 2 aromatic carbocycles. The fraction of sp³-hybridized carbons (Fsp3) is 0.292. The summed E-state index contributed by atoms with van der Waals surface area (Å²) in [5.41, 5.74) is 0.958. The Labute approximate surface area is 185 Å².